The van der Waals surface area contributed by atoms with Crippen LogP contribution in [-0.4, -0.2) is 51.9 Å². The van der Waals surface area contributed by atoms with E-state index >= 15 is 0 Å². The van der Waals surface area contributed by atoms with E-state index < -0.39 is 17.5 Å². The number of amides is 1. The highest BCUT2D eigenvalue weighted by Gasteiger charge is 2.24. The van der Waals surface area contributed by atoms with E-state index in [4.69, 9.17) is 9.47 Å². The maximum atomic E-state index is 14.8. The van der Waals surface area contributed by atoms with Crippen LogP contribution >= 0.6 is 0 Å². The van der Waals surface area contributed by atoms with E-state index in [0.717, 1.165) is 17.3 Å². The molecule has 34 heavy (non-hydrogen) atoms. The number of carbonyl (C=O) groups is 1. The summed E-state index contributed by atoms with van der Waals surface area (Å²) >= 11 is 0. The smallest absolute Gasteiger partial charge is 0.251 e. The van der Waals surface area contributed by atoms with Crippen molar-refractivity contribution in [2.75, 3.05) is 20.3 Å². The second kappa shape index (κ2) is 8.79. The Labute approximate surface area is 193 Å². The zero-order valence-electron chi connectivity index (χ0n) is 18.5. The lowest BCUT2D eigenvalue weighted by atomic mass is 10.1. The van der Waals surface area contributed by atoms with E-state index in [-0.39, 0.29) is 28.8 Å². The summed E-state index contributed by atoms with van der Waals surface area (Å²) in [5, 5.41) is 7.01. The van der Waals surface area contributed by atoms with Gasteiger partial charge in [0, 0.05) is 42.0 Å². The molecule has 0 saturated carbocycles. The molecule has 4 heterocycles. The number of fused-ring (bicyclic) bond motifs is 1. The zero-order valence-corrected chi connectivity index (χ0v) is 18.5. The summed E-state index contributed by atoms with van der Waals surface area (Å²) in [5.41, 5.74) is 2.71. The molecule has 1 aromatic carbocycles. The number of ether oxygens (including phenoxy) is 2. The Balaban J connectivity index is 1.68. The van der Waals surface area contributed by atoms with Crippen LogP contribution < -0.4 is 10.1 Å². The number of nitrogens with one attached hydrogen (secondary N) is 1. The molecule has 1 amide bonds. The van der Waals surface area contributed by atoms with Crippen molar-refractivity contribution in [3.63, 3.8) is 0 Å². The molecule has 1 saturated heterocycles. The Bertz CT molecular complexity index is 1380. The molecule has 4 aromatic rings. The van der Waals surface area contributed by atoms with Crippen LogP contribution in [0.2, 0.25) is 0 Å². The van der Waals surface area contributed by atoms with Crippen LogP contribution in [0, 0.1) is 18.6 Å². The van der Waals surface area contributed by atoms with Crippen molar-refractivity contribution in [1.29, 1.82) is 0 Å². The van der Waals surface area contributed by atoms with Gasteiger partial charge >= 0.3 is 0 Å². The SMILES string of the molecule is CNC(=O)c1cc(F)c(F)c(-c2cnc3cc(-c4ccc(C)nc4)c(OC4CCOC4)nn23)c1. The number of halogens is 2. The Morgan fingerprint density at radius 2 is 2.03 bits per heavy atom. The zero-order chi connectivity index (χ0) is 23.8. The number of benzene rings is 1. The van der Waals surface area contributed by atoms with E-state index in [0.29, 0.717) is 30.8 Å². The molecule has 5 rings (SSSR count). The molecule has 1 N–H and O–H groups in total. The minimum atomic E-state index is -1.15. The van der Waals surface area contributed by atoms with Crippen LogP contribution in [0.25, 0.3) is 28.0 Å². The number of rotatable bonds is 5. The minimum absolute atomic E-state index is 0.0201. The van der Waals surface area contributed by atoms with Crippen LogP contribution in [0.4, 0.5) is 8.78 Å². The number of aryl methyl sites for hydroxylation is 1. The van der Waals surface area contributed by atoms with E-state index in [9.17, 15) is 13.6 Å². The maximum Gasteiger partial charge on any atom is 0.251 e. The lowest BCUT2D eigenvalue weighted by molar-refractivity contribution is 0.0962. The topological polar surface area (TPSA) is 90.6 Å². The predicted octanol–water partition coefficient (Wildman–Crippen LogP) is 3.57. The monoisotopic (exact) mass is 465 g/mol. The highest BCUT2D eigenvalue weighted by molar-refractivity contribution is 5.95. The summed E-state index contributed by atoms with van der Waals surface area (Å²) < 4.78 is 42.1. The van der Waals surface area contributed by atoms with Crippen LogP contribution in [0.3, 0.4) is 0 Å². The molecule has 10 heteroatoms. The van der Waals surface area contributed by atoms with Crippen LogP contribution in [0.15, 0.2) is 42.7 Å². The van der Waals surface area contributed by atoms with E-state index in [1.807, 2.05) is 19.1 Å². The van der Waals surface area contributed by atoms with Crippen LogP contribution in [0.1, 0.15) is 22.5 Å². The molecule has 0 aliphatic carbocycles. The Kier molecular flexibility index (Phi) is 5.66. The Morgan fingerprint density at radius 3 is 2.74 bits per heavy atom. The van der Waals surface area contributed by atoms with Gasteiger partial charge in [-0.2, -0.15) is 0 Å². The third-order valence-corrected chi connectivity index (χ3v) is 5.64. The van der Waals surface area contributed by atoms with Gasteiger partial charge in [-0.05, 0) is 31.2 Å². The van der Waals surface area contributed by atoms with Crippen LogP contribution in [0.5, 0.6) is 5.88 Å². The van der Waals surface area contributed by atoms with E-state index in [1.54, 1.807) is 12.3 Å². The average molecular weight is 465 g/mol. The van der Waals surface area contributed by atoms with Crippen LogP contribution in [-0.2, 0) is 4.74 Å². The third-order valence-electron chi connectivity index (χ3n) is 5.64. The maximum absolute atomic E-state index is 14.8. The molecule has 0 radical (unpaired) electrons. The molecule has 8 nitrogen and oxygen atoms in total. The standard InChI is InChI=1S/C24H21F2N5O3/c1-13-3-4-14(10-28-13)17-9-21-29-11-20(31(21)30-24(17)34-16-5-6-33-12-16)18-7-15(23(32)27-2)8-19(25)22(18)26/h3-4,7-11,16H,5-6,12H2,1-2H3,(H,27,32). The fourth-order valence-electron chi connectivity index (χ4n) is 3.82. The highest BCUT2D eigenvalue weighted by atomic mass is 19.2. The van der Waals surface area contributed by atoms with Gasteiger partial charge < -0.3 is 14.8 Å². The fourth-order valence-corrected chi connectivity index (χ4v) is 3.82. The molecule has 1 atom stereocenters. The summed E-state index contributed by atoms with van der Waals surface area (Å²) in [6.07, 6.45) is 3.61. The summed E-state index contributed by atoms with van der Waals surface area (Å²) in [7, 11) is 1.41. The van der Waals surface area contributed by atoms with Crippen molar-refractivity contribution in [2.24, 2.45) is 0 Å². The van der Waals surface area contributed by atoms with E-state index in [2.05, 4.69) is 20.4 Å². The molecule has 1 aliphatic heterocycles. The lowest BCUT2D eigenvalue weighted by Gasteiger charge is -2.15. The largest absolute Gasteiger partial charge is 0.470 e. The number of nitrogens with zero attached hydrogens (tertiary/aromatic N) is 4. The predicted molar refractivity (Wildman–Crippen MR) is 120 cm³/mol. The average Bonchev–Trinajstić information content (AvgIpc) is 3.50. The van der Waals surface area contributed by atoms with Gasteiger partial charge in [0.15, 0.2) is 17.3 Å². The van der Waals surface area contributed by atoms with Crippen molar-refractivity contribution >= 4 is 11.6 Å². The van der Waals surface area contributed by atoms with Crippen molar-refractivity contribution < 1.29 is 23.0 Å². The Morgan fingerprint density at radius 1 is 1.18 bits per heavy atom. The molecule has 0 spiro atoms. The summed E-state index contributed by atoms with van der Waals surface area (Å²) in [6, 6.07) is 7.66. The van der Waals surface area contributed by atoms with Crippen molar-refractivity contribution in [2.45, 2.75) is 19.4 Å². The van der Waals surface area contributed by atoms with Gasteiger partial charge in [0.25, 0.3) is 5.91 Å². The first-order chi connectivity index (χ1) is 16.4. The number of pyridine rings is 1. The van der Waals surface area contributed by atoms with Gasteiger partial charge in [0.05, 0.1) is 30.7 Å². The number of hydrogen-bond donors (Lipinski definition) is 1. The lowest BCUT2D eigenvalue weighted by Crippen LogP contribution is -2.18. The van der Waals surface area contributed by atoms with Gasteiger partial charge in [0.1, 0.15) is 6.10 Å². The summed E-state index contributed by atoms with van der Waals surface area (Å²) in [5.74, 6) is -2.50. The number of carbonyl (C=O) groups excluding carboxylic acids is 1. The Hall–Kier alpha value is -3.92. The fraction of sp³-hybridized carbons (Fsp3) is 0.250. The van der Waals surface area contributed by atoms with Gasteiger partial charge in [0.2, 0.25) is 5.88 Å². The van der Waals surface area contributed by atoms with Gasteiger partial charge in [-0.15, -0.1) is 5.10 Å². The summed E-state index contributed by atoms with van der Waals surface area (Å²) in [6.45, 7) is 2.90. The quantitative estimate of drug-likeness (QED) is 0.485. The van der Waals surface area contributed by atoms with Crippen molar-refractivity contribution in [1.82, 2.24) is 24.9 Å². The molecule has 174 valence electrons. The molecule has 0 bridgehead atoms. The first-order valence-corrected chi connectivity index (χ1v) is 10.7. The molecule has 1 aliphatic rings. The number of hydrogen-bond acceptors (Lipinski definition) is 6. The second-order valence-corrected chi connectivity index (χ2v) is 7.97. The van der Waals surface area contributed by atoms with Crippen molar-refractivity contribution in [3.8, 4) is 28.3 Å². The second-order valence-electron chi connectivity index (χ2n) is 7.97. The molecule has 1 fully saturated rings. The summed E-state index contributed by atoms with van der Waals surface area (Å²) in [4.78, 5) is 20.8. The van der Waals surface area contributed by atoms with E-state index in [1.165, 1.54) is 23.8 Å². The normalized spacial score (nSPS) is 15.6. The number of imidazole rings is 1. The van der Waals surface area contributed by atoms with Gasteiger partial charge in [-0.25, -0.2) is 18.3 Å². The first-order valence-electron chi connectivity index (χ1n) is 10.7. The molecule has 1 unspecified atom stereocenters. The highest BCUT2D eigenvalue weighted by Crippen LogP contribution is 2.33. The molecular weight excluding hydrogens is 444 g/mol. The third kappa shape index (κ3) is 3.96. The first kappa shape index (κ1) is 21.9. The molecule has 3 aromatic heterocycles. The van der Waals surface area contributed by atoms with Gasteiger partial charge in [-0.1, -0.05) is 6.07 Å². The number of aromatic nitrogens is 4. The van der Waals surface area contributed by atoms with Crippen molar-refractivity contribution in [3.05, 3.63) is 65.6 Å². The molecular formula is C24H21F2N5O3. The van der Waals surface area contributed by atoms with Gasteiger partial charge in [-0.3, -0.25) is 9.78 Å². The minimum Gasteiger partial charge on any atom is -0.470 e.